The Bertz CT molecular complexity index is 1310. The van der Waals surface area contributed by atoms with Crippen LogP contribution in [-0.2, 0) is 9.53 Å². The highest BCUT2D eigenvalue weighted by Gasteiger charge is 2.16. The van der Waals surface area contributed by atoms with Gasteiger partial charge in [0, 0.05) is 17.0 Å². The van der Waals surface area contributed by atoms with E-state index in [0.717, 1.165) is 16.3 Å². The fourth-order valence-corrected chi connectivity index (χ4v) is 3.43. The maximum Gasteiger partial charge on any atom is 0.339 e. The predicted octanol–water partition coefficient (Wildman–Crippen LogP) is 3.72. The number of para-hydroxylation sites is 1. The summed E-state index contributed by atoms with van der Waals surface area (Å²) in [5.41, 5.74) is 1.21. The number of H-pyrrole nitrogens is 1. The number of aromatic nitrogens is 1. The van der Waals surface area contributed by atoms with E-state index in [0.29, 0.717) is 10.9 Å². The number of carbonyl (C=O) groups excluding carboxylic acids is 2. The van der Waals surface area contributed by atoms with Gasteiger partial charge in [-0.2, -0.15) is 0 Å². The van der Waals surface area contributed by atoms with E-state index in [9.17, 15) is 14.4 Å². The number of aromatic amines is 1. The highest BCUT2D eigenvalue weighted by Crippen LogP contribution is 2.20. The largest absolute Gasteiger partial charge is 0.452 e. The monoisotopic (exact) mass is 400 g/mol. The van der Waals surface area contributed by atoms with Crippen LogP contribution in [0.3, 0.4) is 0 Å². The normalized spacial score (nSPS) is 11.9. The molecule has 4 rings (SSSR count). The summed E-state index contributed by atoms with van der Waals surface area (Å²) < 4.78 is 5.16. The number of carbonyl (C=O) groups is 2. The SMILES string of the molecule is C[C@@H](NC(=O)COC(=O)c1cc(=O)[nH]c2ccccc12)c1ccc2ccccc2c1. The molecule has 1 amide bonds. The quantitative estimate of drug-likeness (QED) is 0.500. The van der Waals surface area contributed by atoms with Crippen LogP contribution in [0.1, 0.15) is 28.9 Å². The van der Waals surface area contributed by atoms with Crippen molar-refractivity contribution >= 4 is 33.6 Å². The lowest BCUT2D eigenvalue weighted by Gasteiger charge is -2.15. The molecule has 0 aliphatic carbocycles. The number of esters is 1. The van der Waals surface area contributed by atoms with Crippen LogP contribution in [-0.4, -0.2) is 23.5 Å². The van der Waals surface area contributed by atoms with E-state index < -0.39 is 24.0 Å². The van der Waals surface area contributed by atoms with Gasteiger partial charge in [0.05, 0.1) is 11.6 Å². The Kier molecular flexibility index (Phi) is 5.30. The lowest BCUT2D eigenvalue weighted by Crippen LogP contribution is -2.31. The van der Waals surface area contributed by atoms with Crippen LogP contribution in [0.5, 0.6) is 0 Å². The highest BCUT2D eigenvalue weighted by molar-refractivity contribution is 6.03. The van der Waals surface area contributed by atoms with E-state index in [1.165, 1.54) is 6.07 Å². The van der Waals surface area contributed by atoms with Gasteiger partial charge in [-0.15, -0.1) is 0 Å². The fraction of sp³-hybridized carbons (Fsp3) is 0.125. The number of hydrogen-bond donors (Lipinski definition) is 2. The lowest BCUT2D eigenvalue weighted by atomic mass is 10.0. The van der Waals surface area contributed by atoms with Crippen molar-refractivity contribution < 1.29 is 14.3 Å². The standard InChI is InChI=1S/C24H20N2O4/c1-15(17-11-10-16-6-2-3-7-18(16)12-17)25-23(28)14-30-24(29)20-13-22(27)26-21-9-5-4-8-19(20)21/h2-13,15H,14H2,1H3,(H,25,28)(H,26,27)/t15-/m1/s1. The number of ether oxygens (including phenoxy) is 1. The smallest absolute Gasteiger partial charge is 0.339 e. The van der Waals surface area contributed by atoms with E-state index in [-0.39, 0.29) is 11.6 Å². The van der Waals surface area contributed by atoms with Gasteiger partial charge in [-0.1, -0.05) is 54.6 Å². The van der Waals surface area contributed by atoms with Crippen LogP contribution in [0.15, 0.2) is 77.6 Å². The molecule has 6 heteroatoms. The summed E-state index contributed by atoms with van der Waals surface area (Å²) in [6, 6.07) is 21.8. The minimum Gasteiger partial charge on any atom is -0.452 e. The van der Waals surface area contributed by atoms with Gasteiger partial charge in [-0.25, -0.2) is 4.79 Å². The van der Waals surface area contributed by atoms with Crippen molar-refractivity contribution in [3.8, 4) is 0 Å². The van der Waals surface area contributed by atoms with Crippen molar-refractivity contribution in [1.29, 1.82) is 0 Å². The maximum atomic E-state index is 12.5. The first kappa shape index (κ1) is 19.4. The van der Waals surface area contributed by atoms with Crippen LogP contribution in [0, 0.1) is 0 Å². The van der Waals surface area contributed by atoms with E-state index in [2.05, 4.69) is 10.3 Å². The van der Waals surface area contributed by atoms with Gasteiger partial charge in [-0.3, -0.25) is 9.59 Å². The molecule has 0 saturated carbocycles. The second-order valence-electron chi connectivity index (χ2n) is 7.06. The molecule has 0 unspecified atom stereocenters. The molecular formula is C24H20N2O4. The number of rotatable bonds is 5. The number of fused-ring (bicyclic) bond motifs is 2. The molecule has 2 N–H and O–H groups in total. The van der Waals surface area contributed by atoms with Crippen molar-refractivity contribution in [1.82, 2.24) is 10.3 Å². The summed E-state index contributed by atoms with van der Waals surface area (Å²) in [7, 11) is 0. The second kappa shape index (κ2) is 8.21. The summed E-state index contributed by atoms with van der Waals surface area (Å²) in [4.78, 5) is 39.2. The molecule has 1 heterocycles. The first-order valence-corrected chi connectivity index (χ1v) is 9.58. The topological polar surface area (TPSA) is 88.3 Å². The number of hydrogen-bond acceptors (Lipinski definition) is 4. The van der Waals surface area contributed by atoms with Crippen LogP contribution in [0.2, 0.25) is 0 Å². The van der Waals surface area contributed by atoms with Crippen LogP contribution in [0.25, 0.3) is 21.7 Å². The third-order valence-corrected chi connectivity index (χ3v) is 4.96. The Labute approximate surface area is 172 Å². The zero-order valence-electron chi connectivity index (χ0n) is 16.3. The van der Waals surface area contributed by atoms with Gasteiger partial charge in [0.2, 0.25) is 5.56 Å². The van der Waals surface area contributed by atoms with E-state index in [1.807, 2.05) is 49.4 Å². The van der Waals surface area contributed by atoms with Gasteiger partial charge in [0.25, 0.3) is 5.91 Å². The average molecular weight is 400 g/mol. The van der Waals surface area contributed by atoms with E-state index >= 15 is 0 Å². The molecule has 0 aliphatic heterocycles. The van der Waals surface area contributed by atoms with Crippen molar-refractivity contribution in [2.24, 2.45) is 0 Å². The maximum absolute atomic E-state index is 12.5. The van der Waals surface area contributed by atoms with Crippen LogP contribution < -0.4 is 10.9 Å². The molecule has 30 heavy (non-hydrogen) atoms. The highest BCUT2D eigenvalue weighted by atomic mass is 16.5. The summed E-state index contributed by atoms with van der Waals surface area (Å²) in [6.07, 6.45) is 0. The second-order valence-corrected chi connectivity index (χ2v) is 7.06. The lowest BCUT2D eigenvalue weighted by molar-refractivity contribution is -0.124. The first-order valence-electron chi connectivity index (χ1n) is 9.58. The number of pyridine rings is 1. The van der Waals surface area contributed by atoms with Crippen molar-refractivity contribution in [3.05, 3.63) is 94.3 Å². The molecule has 0 saturated heterocycles. The molecular weight excluding hydrogens is 380 g/mol. The Morgan fingerprint density at radius 3 is 2.53 bits per heavy atom. The number of nitrogens with one attached hydrogen (secondary N) is 2. The van der Waals surface area contributed by atoms with Gasteiger partial charge in [0.15, 0.2) is 6.61 Å². The Balaban J connectivity index is 1.42. The van der Waals surface area contributed by atoms with Gasteiger partial charge < -0.3 is 15.0 Å². The van der Waals surface area contributed by atoms with Crippen LogP contribution >= 0.6 is 0 Å². The summed E-state index contributed by atoms with van der Waals surface area (Å²) in [5.74, 6) is -1.14. The molecule has 1 atom stereocenters. The molecule has 0 bridgehead atoms. The molecule has 6 nitrogen and oxygen atoms in total. The average Bonchev–Trinajstić information content (AvgIpc) is 2.76. The predicted molar refractivity (Wildman–Crippen MR) is 115 cm³/mol. The zero-order valence-corrected chi connectivity index (χ0v) is 16.3. The molecule has 3 aromatic carbocycles. The summed E-state index contributed by atoms with van der Waals surface area (Å²) >= 11 is 0. The van der Waals surface area contributed by atoms with E-state index in [4.69, 9.17) is 4.74 Å². The van der Waals surface area contributed by atoms with E-state index in [1.54, 1.807) is 24.3 Å². The van der Waals surface area contributed by atoms with Crippen molar-refractivity contribution in [2.75, 3.05) is 6.61 Å². The first-order chi connectivity index (χ1) is 14.5. The molecule has 0 radical (unpaired) electrons. The van der Waals surface area contributed by atoms with Crippen molar-refractivity contribution in [3.63, 3.8) is 0 Å². The molecule has 0 fully saturated rings. The van der Waals surface area contributed by atoms with Gasteiger partial charge in [-0.05, 0) is 35.4 Å². The Hall–Kier alpha value is -3.93. The summed E-state index contributed by atoms with van der Waals surface area (Å²) in [5, 5.41) is 5.60. The Morgan fingerprint density at radius 1 is 0.967 bits per heavy atom. The van der Waals surface area contributed by atoms with Gasteiger partial charge >= 0.3 is 5.97 Å². The molecule has 0 aliphatic rings. The molecule has 4 aromatic rings. The van der Waals surface area contributed by atoms with Crippen molar-refractivity contribution in [2.45, 2.75) is 13.0 Å². The Morgan fingerprint density at radius 2 is 1.70 bits per heavy atom. The molecule has 1 aromatic heterocycles. The molecule has 150 valence electrons. The minimum atomic E-state index is -0.717. The third kappa shape index (κ3) is 4.07. The number of amides is 1. The fourth-order valence-electron chi connectivity index (χ4n) is 3.43. The van der Waals surface area contributed by atoms with Crippen LogP contribution in [0.4, 0.5) is 0 Å². The van der Waals surface area contributed by atoms with Gasteiger partial charge in [0.1, 0.15) is 0 Å². The zero-order chi connectivity index (χ0) is 21.1. The summed E-state index contributed by atoms with van der Waals surface area (Å²) in [6.45, 7) is 1.44. The third-order valence-electron chi connectivity index (χ3n) is 4.96. The number of benzene rings is 3. The molecule has 0 spiro atoms. The minimum absolute atomic E-state index is 0.129.